The van der Waals surface area contributed by atoms with Crippen molar-refractivity contribution in [3.63, 3.8) is 0 Å². The molecule has 0 atom stereocenters. The van der Waals surface area contributed by atoms with Gasteiger partial charge in [-0.25, -0.2) is 4.39 Å². The average Bonchev–Trinajstić information content (AvgIpc) is 2.23. The Balaban J connectivity index is 2.18. The van der Waals surface area contributed by atoms with Crippen molar-refractivity contribution < 1.29 is 4.39 Å². The van der Waals surface area contributed by atoms with Crippen LogP contribution in [-0.2, 0) is 0 Å². The van der Waals surface area contributed by atoms with E-state index in [-0.39, 0.29) is 10.8 Å². The van der Waals surface area contributed by atoms with E-state index in [1.54, 1.807) is 6.07 Å². The summed E-state index contributed by atoms with van der Waals surface area (Å²) in [6.07, 6.45) is 2.23. The van der Waals surface area contributed by atoms with Crippen LogP contribution in [0.2, 0.25) is 5.02 Å². The van der Waals surface area contributed by atoms with Gasteiger partial charge in [-0.05, 0) is 49.5 Å². The van der Waals surface area contributed by atoms with Gasteiger partial charge in [0.2, 0.25) is 0 Å². The van der Waals surface area contributed by atoms with E-state index < -0.39 is 0 Å². The van der Waals surface area contributed by atoms with Crippen molar-refractivity contribution in [3.8, 4) is 0 Å². The van der Waals surface area contributed by atoms with E-state index in [1.807, 2.05) is 6.07 Å². The first kappa shape index (κ1) is 9.94. The topological polar surface area (TPSA) is 12.0 Å². The molecule has 1 nitrogen and oxygen atoms in total. The molecule has 1 fully saturated rings. The lowest BCUT2D eigenvalue weighted by Gasteiger charge is -2.23. The lowest BCUT2D eigenvalue weighted by Crippen LogP contribution is -2.26. The van der Waals surface area contributed by atoms with Crippen molar-refractivity contribution in [2.75, 3.05) is 13.1 Å². The number of rotatable bonds is 1. The van der Waals surface area contributed by atoms with Crippen LogP contribution in [-0.4, -0.2) is 13.1 Å². The molecule has 1 N–H and O–H groups in total. The number of benzene rings is 1. The Hall–Kier alpha value is -0.600. The van der Waals surface area contributed by atoms with E-state index >= 15 is 0 Å². The molecule has 14 heavy (non-hydrogen) atoms. The molecule has 0 radical (unpaired) electrons. The molecule has 3 heteroatoms. The average molecular weight is 214 g/mol. The molecule has 0 unspecified atom stereocenters. The first-order valence-electron chi connectivity index (χ1n) is 4.93. The van der Waals surface area contributed by atoms with Gasteiger partial charge in [-0.2, -0.15) is 0 Å². The highest BCUT2D eigenvalue weighted by Gasteiger charge is 2.15. The van der Waals surface area contributed by atoms with Crippen LogP contribution in [0, 0.1) is 5.82 Å². The van der Waals surface area contributed by atoms with E-state index in [4.69, 9.17) is 11.6 Å². The van der Waals surface area contributed by atoms with E-state index in [1.165, 1.54) is 6.07 Å². The molecule has 1 aromatic rings. The highest BCUT2D eigenvalue weighted by Crippen LogP contribution is 2.28. The maximum atomic E-state index is 12.9. The molecule has 1 aromatic carbocycles. The van der Waals surface area contributed by atoms with Gasteiger partial charge in [0, 0.05) is 0 Å². The zero-order chi connectivity index (χ0) is 9.97. The maximum Gasteiger partial charge on any atom is 0.141 e. The Morgan fingerprint density at radius 2 is 2.00 bits per heavy atom. The normalized spacial score (nSPS) is 18.4. The number of nitrogens with one attached hydrogen (secondary N) is 1. The standard InChI is InChI=1S/C11H13ClFN/c12-10-7-9(1-2-11(10)13)8-3-5-14-6-4-8/h1-2,7-8,14H,3-6H2. The lowest BCUT2D eigenvalue weighted by molar-refractivity contribution is 0.460. The molecule has 76 valence electrons. The van der Waals surface area contributed by atoms with Gasteiger partial charge in [0.05, 0.1) is 5.02 Å². The molecule has 1 aliphatic heterocycles. The number of hydrogen-bond acceptors (Lipinski definition) is 1. The van der Waals surface area contributed by atoms with Crippen LogP contribution >= 0.6 is 11.6 Å². The van der Waals surface area contributed by atoms with Crippen LogP contribution < -0.4 is 5.32 Å². The molecule has 1 heterocycles. The fraction of sp³-hybridized carbons (Fsp3) is 0.455. The van der Waals surface area contributed by atoms with E-state index in [9.17, 15) is 4.39 Å². The molecule has 0 aromatic heterocycles. The van der Waals surface area contributed by atoms with Crippen molar-refractivity contribution >= 4 is 11.6 Å². The minimum atomic E-state index is -0.329. The predicted molar refractivity (Wildman–Crippen MR) is 56.3 cm³/mol. The molecule has 0 bridgehead atoms. The largest absolute Gasteiger partial charge is 0.317 e. The zero-order valence-electron chi connectivity index (χ0n) is 7.89. The zero-order valence-corrected chi connectivity index (χ0v) is 8.65. The molecular formula is C11H13ClFN. The Bertz CT molecular complexity index is 321. The van der Waals surface area contributed by atoms with Crippen LogP contribution in [0.15, 0.2) is 18.2 Å². The monoisotopic (exact) mass is 213 g/mol. The van der Waals surface area contributed by atoms with Crippen molar-refractivity contribution in [3.05, 3.63) is 34.6 Å². The Kier molecular flexibility index (Phi) is 3.04. The third-order valence-corrected chi connectivity index (χ3v) is 3.04. The van der Waals surface area contributed by atoms with Crippen LogP contribution in [0.3, 0.4) is 0 Å². The summed E-state index contributed by atoms with van der Waals surface area (Å²) in [6.45, 7) is 2.08. The van der Waals surface area contributed by atoms with Gasteiger partial charge in [-0.15, -0.1) is 0 Å². The second-order valence-electron chi connectivity index (χ2n) is 3.70. The summed E-state index contributed by atoms with van der Waals surface area (Å²) < 4.78 is 12.9. The molecular weight excluding hydrogens is 201 g/mol. The smallest absolute Gasteiger partial charge is 0.141 e. The number of halogens is 2. The molecule has 0 aliphatic carbocycles. The summed E-state index contributed by atoms with van der Waals surface area (Å²) in [7, 11) is 0. The summed E-state index contributed by atoms with van der Waals surface area (Å²) >= 11 is 5.74. The highest BCUT2D eigenvalue weighted by molar-refractivity contribution is 6.30. The second-order valence-corrected chi connectivity index (χ2v) is 4.11. The van der Waals surface area contributed by atoms with Crippen LogP contribution in [0.1, 0.15) is 24.3 Å². The van der Waals surface area contributed by atoms with E-state index in [0.29, 0.717) is 5.92 Å². The highest BCUT2D eigenvalue weighted by atomic mass is 35.5. The summed E-state index contributed by atoms with van der Waals surface area (Å²) in [5, 5.41) is 3.54. The summed E-state index contributed by atoms with van der Waals surface area (Å²) in [5.74, 6) is 0.207. The van der Waals surface area contributed by atoms with Crippen molar-refractivity contribution in [2.24, 2.45) is 0 Å². The van der Waals surface area contributed by atoms with Crippen LogP contribution in [0.5, 0.6) is 0 Å². The lowest BCUT2D eigenvalue weighted by atomic mass is 9.90. The number of piperidine rings is 1. The van der Waals surface area contributed by atoms with Crippen LogP contribution in [0.25, 0.3) is 0 Å². The van der Waals surface area contributed by atoms with E-state index in [0.717, 1.165) is 31.5 Å². The maximum absolute atomic E-state index is 12.9. The minimum Gasteiger partial charge on any atom is -0.317 e. The molecule has 0 amide bonds. The summed E-state index contributed by atoms with van der Waals surface area (Å²) in [5.41, 5.74) is 1.16. The van der Waals surface area contributed by atoms with Gasteiger partial charge >= 0.3 is 0 Å². The third-order valence-electron chi connectivity index (χ3n) is 2.75. The fourth-order valence-corrected chi connectivity index (χ4v) is 2.11. The molecule has 0 spiro atoms. The Labute approximate surface area is 88.3 Å². The van der Waals surface area contributed by atoms with Gasteiger partial charge in [-0.1, -0.05) is 17.7 Å². The van der Waals surface area contributed by atoms with Crippen molar-refractivity contribution in [1.29, 1.82) is 0 Å². The number of hydrogen-bond donors (Lipinski definition) is 1. The van der Waals surface area contributed by atoms with Crippen molar-refractivity contribution in [2.45, 2.75) is 18.8 Å². The van der Waals surface area contributed by atoms with Crippen molar-refractivity contribution in [1.82, 2.24) is 5.32 Å². The fourth-order valence-electron chi connectivity index (χ4n) is 1.92. The Morgan fingerprint density at radius 3 is 2.64 bits per heavy atom. The quantitative estimate of drug-likeness (QED) is 0.757. The first-order chi connectivity index (χ1) is 6.77. The Morgan fingerprint density at radius 1 is 1.29 bits per heavy atom. The minimum absolute atomic E-state index is 0.237. The van der Waals surface area contributed by atoms with Gasteiger partial charge in [0.25, 0.3) is 0 Å². The van der Waals surface area contributed by atoms with Gasteiger partial charge in [0.1, 0.15) is 5.82 Å². The second kappa shape index (κ2) is 4.28. The van der Waals surface area contributed by atoms with Crippen LogP contribution in [0.4, 0.5) is 4.39 Å². The molecule has 1 saturated heterocycles. The summed E-state index contributed by atoms with van der Waals surface area (Å²) in [6, 6.07) is 5.06. The predicted octanol–water partition coefficient (Wildman–Crippen LogP) is 2.95. The summed E-state index contributed by atoms with van der Waals surface area (Å²) in [4.78, 5) is 0. The third kappa shape index (κ3) is 2.07. The van der Waals surface area contributed by atoms with E-state index in [2.05, 4.69) is 5.32 Å². The van der Waals surface area contributed by atoms with Gasteiger partial charge < -0.3 is 5.32 Å². The molecule has 1 aliphatic rings. The van der Waals surface area contributed by atoms with Gasteiger partial charge in [-0.3, -0.25) is 0 Å². The first-order valence-corrected chi connectivity index (χ1v) is 5.31. The molecule has 2 rings (SSSR count). The SMILES string of the molecule is Fc1ccc(C2CCNCC2)cc1Cl. The van der Waals surface area contributed by atoms with Gasteiger partial charge in [0.15, 0.2) is 0 Å². The molecule has 0 saturated carbocycles.